The van der Waals surface area contributed by atoms with Gasteiger partial charge < -0.3 is 29.9 Å². The summed E-state index contributed by atoms with van der Waals surface area (Å²) in [5.74, 6) is 0.667. The van der Waals surface area contributed by atoms with Gasteiger partial charge in [0.15, 0.2) is 6.23 Å². The van der Waals surface area contributed by atoms with Gasteiger partial charge in [-0.05, 0) is 6.07 Å². The number of ether oxygens (including phenoxy) is 1. The summed E-state index contributed by atoms with van der Waals surface area (Å²) < 4.78 is 7.12. The fraction of sp³-hybridized carbons (Fsp3) is 0.500. The van der Waals surface area contributed by atoms with Crippen molar-refractivity contribution in [2.45, 2.75) is 24.5 Å². The zero-order chi connectivity index (χ0) is 14.3. The van der Waals surface area contributed by atoms with Gasteiger partial charge in [-0.2, -0.15) is 0 Å². The molecule has 3 heterocycles. The van der Waals surface area contributed by atoms with Gasteiger partial charge in [-0.1, -0.05) is 0 Å². The molecule has 3 rings (SSSR count). The van der Waals surface area contributed by atoms with Crippen LogP contribution < -0.4 is 5.32 Å². The van der Waals surface area contributed by atoms with Crippen molar-refractivity contribution in [3.8, 4) is 0 Å². The zero-order valence-corrected chi connectivity index (χ0v) is 10.8. The first-order valence-electron chi connectivity index (χ1n) is 6.29. The highest BCUT2D eigenvalue weighted by molar-refractivity contribution is 5.87. The second kappa shape index (κ2) is 4.98. The molecule has 1 aliphatic rings. The number of aliphatic hydroxyl groups is 3. The van der Waals surface area contributed by atoms with Crippen molar-refractivity contribution < 1.29 is 20.1 Å². The first kappa shape index (κ1) is 13.3. The highest BCUT2D eigenvalue weighted by Crippen LogP contribution is 2.32. The Bertz CT molecular complexity index is 617. The van der Waals surface area contributed by atoms with E-state index in [1.807, 2.05) is 0 Å². The minimum Gasteiger partial charge on any atom is -0.394 e. The molecular formula is C12H16N4O4. The van der Waals surface area contributed by atoms with Crippen molar-refractivity contribution in [3.63, 3.8) is 0 Å². The van der Waals surface area contributed by atoms with Crippen molar-refractivity contribution in [1.82, 2.24) is 14.5 Å². The minimum atomic E-state index is -1.13. The van der Waals surface area contributed by atoms with Crippen LogP contribution >= 0.6 is 0 Å². The quantitative estimate of drug-likeness (QED) is 0.575. The molecule has 8 heteroatoms. The lowest BCUT2D eigenvalue weighted by Gasteiger charge is -2.17. The summed E-state index contributed by atoms with van der Waals surface area (Å²) in [5.41, 5.74) is 0.583. The van der Waals surface area contributed by atoms with Gasteiger partial charge in [-0.3, -0.25) is 0 Å². The van der Waals surface area contributed by atoms with Gasteiger partial charge >= 0.3 is 0 Å². The predicted octanol–water partition coefficient (Wildman–Crippen LogP) is -0.916. The lowest BCUT2D eigenvalue weighted by Crippen LogP contribution is -2.33. The molecule has 0 bridgehead atoms. The molecule has 8 nitrogen and oxygen atoms in total. The Morgan fingerprint density at radius 1 is 1.35 bits per heavy atom. The SMILES string of the molecule is CNc1ncnc2c1ccn2[C@H]1O[C@@H](CO)[C@@H](O)[C@H]1O. The minimum absolute atomic E-state index is 0.356. The van der Waals surface area contributed by atoms with E-state index in [0.29, 0.717) is 11.5 Å². The Morgan fingerprint density at radius 3 is 2.80 bits per heavy atom. The number of aromatic nitrogens is 3. The van der Waals surface area contributed by atoms with Crippen LogP contribution in [-0.4, -0.2) is 61.8 Å². The molecule has 0 spiro atoms. The van der Waals surface area contributed by atoms with Crippen LogP contribution in [0.2, 0.25) is 0 Å². The Balaban J connectivity index is 2.03. The predicted molar refractivity (Wildman–Crippen MR) is 70.1 cm³/mol. The van der Waals surface area contributed by atoms with Crippen LogP contribution in [0.4, 0.5) is 5.82 Å². The highest BCUT2D eigenvalue weighted by Gasteiger charge is 2.43. The summed E-state index contributed by atoms with van der Waals surface area (Å²) in [6.45, 7) is -0.356. The van der Waals surface area contributed by atoms with Crippen molar-refractivity contribution in [2.75, 3.05) is 19.0 Å². The molecule has 2 aromatic rings. The van der Waals surface area contributed by atoms with Crippen LogP contribution in [0.25, 0.3) is 11.0 Å². The Morgan fingerprint density at radius 2 is 2.15 bits per heavy atom. The lowest BCUT2D eigenvalue weighted by molar-refractivity contribution is -0.0508. The third-order valence-corrected chi connectivity index (χ3v) is 3.54. The molecule has 0 saturated carbocycles. The van der Waals surface area contributed by atoms with E-state index in [9.17, 15) is 10.2 Å². The molecule has 0 amide bonds. The van der Waals surface area contributed by atoms with Crippen LogP contribution in [0.1, 0.15) is 6.23 Å². The molecule has 108 valence electrons. The summed E-state index contributed by atoms with van der Waals surface area (Å²) in [4.78, 5) is 8.28. The van der Waals surface area contributed by atoms with Crippen LogP contribution in [-0.2, 0) is 4.74 Å². The van der Waals surface area contributed by atoms with E-state index < -0.39 is 24.5 Å². The van der Waals surface area contributed by atoms with E-state index in [4.69, 9.17) is 9.84 Å². The normalized spacial score (nSPS) is 30.0. The molecule has 20 heavy (non-hydrogen) atoms. The van der Waals surface area contributed by atoms with Crippen LogP contribution in [0, 0.1) is 0 Å². The van der Waals surface area contributed by atoms with E-state index in [0.717, 1.165) is 5.39 Å². The van der Waals surface area contributed by atoms with Gasteiger partial charge in [0.05, 0.1) is 12.0 Å². The average Bonchev–Trinajstić information content (AvgIpc) is 3.01. The number of anilines is 1. The third kappa shape index (κ3) is 1.85. The zero-order valence-electron chi connectivity index (χ0n) is 10.8. The van der Waals surface area contributed by atoms with Crippen LogP contribution in [0.5, 0.6) is 0 Å². The summed E-state index contributed by atoms with van der Waals surface area (Å²) in [6.07, 6.45) is -0.743. The topological polar surface area (TPSA) is 113 Å². The van der Waals surface area contributed by atoms with Crippen molar-refractivity contribution in [1.29, 1.82) is 0 Å². The summed E-state index contributed by atoms with van der Waals surface area (Å²) >= 11 is 0. The molecule has 1 fully saturated rings. The maximum Gasteiger partial charge on any atom is 0.164 e. The van der Waals surface area contributed by atoms with Gasteiger partial charge in [0.25, 0.3) is 0 Å². The van der Waals surface area contributed by atoms with E-state index in [2.05, 4.69) is 15.3 Å². The van der Waals surface area contributed by atoms with Crippen molar-refractivity contribution >= 4 is 16.9 Å². The van der Waals surface area contributed by atoms with Crippen LogP contribution in [0.15, 0.2) is 18.6 Å². The van der Waals surface area contributed by atoms with Gasteiger partial charge in [0, 0.05) is 13.2 Å². The number of hydrogen-bond donors (Lipinski definition) is 4. The molecular weight excluding hydrogens is 264 g/mol. The fourth-order valence-electron chi connectivity index (χ4n) is 2.49. The van der Waals surface area contributed by atoms with Gasteiger partial charge in [0.1, 0.15) is 36.1 Å². The van der Waals surface area contributed by atoms with E-state index >= 15 is 0 Å². The first-order valence-corrected chi connectivity index (χ1v) is 6.29. The van der Waals surface area contributed by atoms with Gasteiger partial charge in [0.2, 0.25) is 0 Å². The molecule has 4 atom stereocenters. The molecule has 1 saturated heterocycles. The Labute approximate surface area is 114 Å². The maximum atomic E-state index is 10.1. The highest BCUT2D eigenvalue weighted by atomic mass is 16.6. The van der Waals surface area contributed by atoms with Crippen molar-refractivity contribution in [2.24, 2.45) is 0 Å². The van der Waals surface area contributed by atoms with Crippen LogP contribution in [0.3, 0.4) is 0 Å². The van der Waals surface area contributed by atoms with E-state index in [1.54, 1.807) is 23.9 Å². The second-order valence-corrected chi connectivity index (χ2v) is 4.66. The summed E-state index contributed by atoms with van der Waals surface area (Å²) in [5, 5.41) is 32.7. The largest absolute Gasteiger partial charge is 0.394 e. The monoisotopic (exact) mass is 280 g/mol. The Kier molecular flexibility index (Phi) is 3.30. The van der Waals surface area contributed by atoms with Crippen molar-refractivity contribution in [3.05, 3.63) is 18.6 Å². The average molecular weight is 280 g/mol. The number of fused-ring (bicyclic) bond motifs is 1. The van der Waals surface area contributed by atoms with Gasteiger partial charge in [-0.25, -0.2) is 9.97 Å². The molecule has 1 aliphatic heterocycles. The molecule has 0 unspecified atom stereocenters. The molecule has 0 radical (unpaired) electrons. The number of nitrogens with one attached hydrogen (secondary N) is 1. The first-order chi connectivity index (χ1) is 9.67. The fourth-order valence-corrected chi connectivity index (χ4v) is 2.49. The summed E-state index contributed by atoms with van der Waals surface area (Å²) in [7, 11) is 1.76. The third-order valence-electron chi connectivity index (χ3n) is 3.54. The molecule has 4 N–H and O–H groups in total. The molecule has 2 aromatic heterocycles. The summed E-state index contributed by atoms with van der Waals surface area (Å²) in [6, 6.07) is 1.80. The smallest absolute Gasteiger partial charge is 0.164 e. The standard InChI is InChI=1S/C12H16N4O4/c1-13-10-6-2-3-16(11(6)15-5-14-10)12-9(19)8(18)7(4-17)20-12/h2-3,5,7-9,12,17-19H,4H2,1H3,(H,13,14,15)/t7-,8+,9+,12-/m0/s1. The second-order valence-electron chi connectivity index (χ2n) is 4.66. The van der Waals surface area contributed by atoms with Gasteiger partial charge in [-0.15, -0.1) is 0 Å². The number of hydrogen-bond acceptors (Lipinski definition) is 7. The molecule has 0 aromatic carbocycles. The van der Waals surface area contributed by atoms with E-state index in [-0.39, 0.29) is 6.61 Å². The number of aliphatic hydroxyl groups excluding tert-OH is 3. The van der Waals surface area contributed by atoms with E-state index in [1.165, 1.54) is 6.33 Å². The number of rotatable bonds is 3. The Hall–Kier alpha value is -1.74. The molecule has 0 aliphatic carbocycles. The lowest BCUT2D eigenvalue weighted by atomic mass is 10.1. The maximum absolute atomic E-state index is 10.1. The number of nitrogens with zero attached hydrogens (tertiary/aromatic N) is 3.